The third kappa shape index (κ3) is 3.25. The van der Waals surface area contributed by atoms with Crippen LogP contribution in [0, 0.1) is 0 Å². The van der Waals surface area contributed by atoms with Gasteiger partial charge in [-0.1, -0.05) is 0 Å². The molecule has 0 saturated carbocycles. The summed E-state index contributed by atoms with van der Waals surface area (Å²) < 4.78 is 11.0. The number of pyridine rings is 2. The Morgan fingerprint density at radius 1 is 1.03 bits per heavy atom. The quantitative estimate of drug-likeness (QED) is 0.673. The zero-order valence-corrected chi connectivity index (χ0v) is 16.3. The predicted octanol–water partition coefficient (Wildman–Crippen LogP) is 2.47. The zero-order valence-electron chi connectivity index (χ0n) is 16.3. The number of anilines is 3. The molecule has 0 atom stereocenters. The van der Waals surface area contributed by atoms with Gasteiger partial charge >= 0.3 is 0 Å². The van der Waals surface area contributed by atoms with Crippen LogP contribution in [-0.2, 0) is 11.2 Å². The number of morpholine rings is 1. The van der Waals surface area contributed by atoms with Crippen molar-refractivity contribution in [2.75, 3.05) is 49.8 Å². The highest BCUT2D eigenvalue weighted by atomic mass is 16.5. The van der Waals surface area contributed by atoms with Gasteiger partial charge in [0.25, 0.3) is 0 Å². The first-order valence-corrected chi connectivity index (χ1v) is 9.75. The highest BCUT2D eigenvalue weighted by Crippen LogP contribution is 2.40. The van der Waals surface area contributed by atoms with E-state index < -0.39 is 0 Å². The van der Waals surface area contributed by atoms with Crippen LogP contribution in [0.3, 0.4) is 0 Å². The molecule has 8 heteroatoms. The van der Waals surface area contributed by atoms with E-state index in [9.17, 15) is 0 Å². The largest absolute Gasteiger partial charge is 0.481 e. The van der Waals surface area contributed by atoms with Crippen LogP contribution < -0.4 is 14.5 Å². The molecule has 0 amide bonds. The Morgan fingerprint density at radius 3 is 2.69 bits per heavy atom. The van der Waals surface area contributed by atoms with Crippen LogP contribution in [0.25, 0.3) is 11.3 Å². The number of hydrogen-bond donors (Lipinski definition) is 0. The van der Waals surface area contributed by atoms with Crippen LogP contribution in [-0.4, -0.2) is 59.9 Å². The molecular formula is C21H22N6O2. The minimum atomic E-state index is 0.571. The lowest BCUT2D eigenvalue weighted by molar-refractivity contribution is 0.122. The topological polar surface area (TPSA) is 76.5 Å². The molecule has 2 aliphatic rings. The van der Waals surface area contributed by atoms with E-state index >= 15 is 0 Å². The van der Waals surface area contributed by atoms with Gasteiger partial charge in [0, 0.05) is 37.6 Å². The summed E-state index contributed by atoms with van der Waals surface area (Å²) in [6.45, 7) is 3.74. The number of ether oxygens (including phenoxy) is 2. The van der Waals surface area contributed by atoms with Gasteiger partial charge in [0.2, 0.25) is 11.8 Å². The van der Waals surface area contributed by atoms with Gasteiger partial charge < -0.3 is 19.3 Å². The third-order valence-corrected chi connectivity index (χ3v) is 5.29. The second-order valence-corrected chi connectivity index (χ2v) is 6.95. The second-order valence-electron chi connectivity index (χ2n) is 6.95. The predicted molar refractivity (Wildman–Crippen MR) is 110 cm³/mol. The maximum absolute atomic E-state index is 5.53. The first-order chi connectivity index (χ1) is 14.3. The smallest absolute Gasteiger partial charge is 0.228 e. The van der Waals surface area contributed by atoms with Gasteiger partial charge in [-0.05, 0) is 30.7 Å². The normalized spacial score (nSPS) is 16.0. The molecule has 5 rings (SSSR count). The molecule has 2 aliphatic heterocycles. The maximum Gasteiger partial charge on any atom is 0.228 e. The van der Waals surface area contributed by atoms with Gasteiger partial charge in [0.05, 0.1) is 43.5 Å². The highest BCUT2D eigenvalue weighted by molar-refractivity contribution is 5.78. The van der Waals surface area contributed by atoms with Crippen molar-refractivity contribution in [1.82, 2.24) is 19.9 Å². The molecule has 0 bridgehead atoms. The van der Waals surface area contributed by atoms with Crippen molar-refractivity contribution in [3.05, 3.63) is 48.4 Å². The monoisotopic (exact) mass is 390 g/mol. The van der Waals surface area contributed by atoms with Crippen LogP contribution in [0.15, 0.2) is 42.9 Å². The molecule has 0 unspecified atom stereocenters. The van der Waals surface area contributed by atoms with Gasteiger partial charge in [-0.15, -0.1) is 0 Å². The molecule has 0 spiro atoms. The molecule has 3 aromatic heterocycles. The second kappa shape index (κ2) is 7.63. The van der Waals surface area contributed by atoms with E-state index in [0.29, 0.717) is 25.0 Å². The van der Waals surface area contributed by atoms with Crippen molar-refractivity contribution >= 4 is 17.5 Å². The summed E-state index contributed by atoms with van der Waals surface area (Å²) in [6, 6.07) is 7.92. The van der Waals surface area contributed by atoms with E-state index in [1.54, 1.807) is 19.5 Å². The molecule has 0 radical (unpaired) electrons. The van der Waals surface area contributed by atoms with Gasteiger partial charge in [0.1, 0.15) is 5.82 Å². The molecule has 0 aromatic carbocycles. The lowest BCUT2D eigenvalue weighted by atomic mass is 10.1. The SMILES string of the molecule is COc1ncccc1-c1nc(N2CCOCC2)nc2c1CCN2c1cccnc1. The Kier molecular flexibility index (Phi) is 4.69. The van der Waals surface area contributed by atoms with E-state index in [0.717, 1.165) is 54.4 Å². The van der Waals surface area contributed by atoms with Gasteiger partial charge in [-0.3, -0.25) is 4.98 Å². The summed E-state index contributed by atoms with van der Waals surface area (Å²) in [5, 5.41) is 0. The van der Waals surface area contributed by atoms with Crippen molar-refractivity contribution in [1.29, 1.82) is 0 Å². The number of rotatable bonds is 4. The number of hydrogen-bond acceptors (Lipinski definition) is 8. The zero-order chi connectivity index (χ0) is 19.6. The third-order valence-electron chi connectivity index (χ3n) is 5.29. The first-order valence-electron chi connectivity index (χ1n) is 9.75. The number of aromatic nitrogens is 4. The lowest BCUT2D eigenvalue weighted by Gasteiger charge is -2.28. The van der Waals surface area contributed by atoms with Crippen LogP contribution in [0.4, 0.5) is 17.5 Å². The number of nitrogens with zero attached hydrogens (tertiary/aromatic N) is 6. The summed E-state index contributed by atoms with van der Waals surface area (Å²) in [7, 11) is 1.64. The summed E-state index contributed by atoms with van der Waals surface area (Å²) in [6.07, 6.45) is 6.23. The molecular weight excluding hydrogens is 368 g/mol. The molecule has 5 heterocycles. The van der Waals surface area contributed by atoms with Crippen LogP contribution in [0.1, 0.15) is 5.56 Å². The Balaban J connectivity index is 1.67. The standard InChI is InChI=1S/C21H22N6O2/c1-28-20-17(5-3-8-23-20)18-16-6-9-27(15-4-2-7-22-14-15)19(16)25-21(24-18)26-10-12-29-13-11-26/h2-5,7-8,14H,6,9-13H2,1H3. The van der Waals surface area contributed by atoms with Crippen molar-refractivity contribution in [3.63, 3.8) is 0 Å². The van der Waals surface area contributed by atoms with E-state index in [2.05, 4.69) is 25.8 Å². The average Bonchev–Trinajstić information content (AvgIpc) is 3.24. The molecule has 1 saturated heterocycles. The Morgan fingerprint density at radius 2 is 1.90 bits per heavy atom. The Labute approximate surface area is 169 Å². The fourth-order valence-electron chi connectivity index (χ4n) is 3.87. The number of methoxy groups -OCH3 is 1. The Hall–Kier alpha value is -3.26. The Bertz CT molecular complexity index is 1010. The van der Waals surface area contributed by atoms with Gasteiger partial charge in [0.15, 0.2) is 0 Å². The highest BCUT2D eigenvalue weighted by Gasteiger charge is 2.30. The van der Waals surface area contributed by atoms with Crippen LogP contribution in [0.5, 0.6) is 5.88 Å². The molecule has 0 N–H and O–H groups in total. The molecule has 3 aromatic rings. The van der Waals surface area contributed by atoms with E-state index in [1.165, 1.54) is 0 Å². The minimum Gasteiger partial charge on any atom is -0.481 e. The number of fused-ring (bicyclic) bond motifs is 1. The molecule has 0 aliphatic carbocycles. The molecule has 1 fully saturated rings. The van der Waals surface area contributed by atoms with Gasteiger partial charge in [-0.2, -0.15) is 4.98 Å². The van der Waals surface area contributed by atoms with Crippen LogP contribution >= 0.6 is 0 Å². The van der Waals surface area contributed by atoms with Crippen LogP contribution in [0.2, 0.25) is 0 Å². The van der Waals surface area contributed by atoms with Crippen molar-refractivity contribution in [3.8, 4) is 17.1 Å². The first kappa shape index (κ1) is 17.8. The summed E-state index contributed by atoms with van der Waals surface area (Å²) in [4.78, 5) is 23.0. The maximum atomic E-state index is 5.53. The van der Waals surface area contributed by atoms with E-state index in [4.69, 9.17) is 19.4 Å². The molecule has 148 valence electrons. The van der Waals surface area contributed by atoms with E-state index in [1.807, 2.05) is 24.4 Å². The average molecular weight is 390 g/mol. The van der Waals surface area contributed by atoms with Crippen molar-refractivity contribution < 1.29 is 9.47 Å². The van der Waals surface area contributed by atoms with E-state index in [-0.39, 0.29) is 0 Å². The van der Waals surface area contributed by atoms with Crippen molar-refractivity contribution in [2.24, 2.45) is 0 Å². The van der Waals surface area contributed by atoms with Crippen molar-refractivity contribution in [2.45, 2.75) is 6.42 Å². The summed E-state index contributed by atoms with van der Waals surface area (Å²) in [5.74, 6) is 2.21. The fraction of sp³-hybridized carbons (Fsp3) is 0.333. The fourth-order valence-corrected chi connectivity index (χ4v) is 3.87. The van der Waals surface area contributed by atoms with Gasteiger partial charge in [-0.25, -0.2) is 9.97 Å². The molecule has 8 nitrogen and oxygen atoms in total. The summed E-state index contributed by atoms with van der Waals surface area (Å²) in [5.41, 5.74) is 3.91. The summed E-state index contributed by atoms with van der Waals surface area (Å²) >= 11 is 0. The minimum absolute atomic E-state index is 0.571. The molecule has 29 heavy (non-hydrogen) atoms. The lowest BCUT2D eigenvalue weighted by Crippen LogP contribution is -2.37.